The first-order valence-corrected chi connectivity index (χ1v) is 6.19. The third-order valence-corrected chi connectivity index (χ3v) is 2.73. The molecule has 5 heteroatoms. The molecule has 1 rings (SSSR count). The molecule has 0 aliphatic rings. The van der Waals surface area contributed by atoms with Gasteiger partial charge in [-0.15, -0.1) is 0 Å². The number of amides is 1. The van der Waals surface area contributed by atoms with Crippen molar-refractivity contribution in [2.75, 3.05) is 20.1 Å². The van der Waals surface area contributed by atoms with Crippen molar-refractivity contribution in [3.8, 4) is 0 Å². The van der Waals surface area contributed by atoms with E-state index < -0.39 is 0 Å². The Morgan fingerprint density at radius 1 is 1.56 bits per heavy atom. The average molecular weight is 250 g/mol. The molecule has 1 aromatic heterocycles. The van der Waals surface area contributed by atoms with Crippen molar-refractivity contribution in [1.29, 1.82) is 0 Å². The van der Waals surface area contributed by atoms with E-state index in [1.165, 1.54) is 0 Å². The Morgan fingerprint density at radius 2 is 2.28 bits per heavy atom. The van der Waals surface area contributed by atoms with Crippen LogP contribution in [0.15, 0.2) is 24.4 Å². The number of nitrogens with two attached hydrogens (primary N) is 1. The number of hydrogen-bond donors (Lipinski definition) is 2. The van der Waals surface area contributed by atoms with E-state index in [1.54, 1.807) is 6.20 Å². The summed E-state index contributed by atoms with van der Waals surface area (Å²) in [5, 5.41) is 2.78. The molecule has 1 heterocycles. The molecule has 0 spiro atoms. The largest absolute Gasteiger partial charge is 0.355 e. The number of rotatable bonds is 6. The van der Waals surface area contributed by atoms with Gasteiger partial charge in [-0.1, -0.05) is 6.07 Å². The van der Waals surface area contributed by atoms with Gasteiger partial charge in [0, 0.05) is 18.8 Å². The number of nitrogens with zero attached hydrogens (tertiary/aromatic N) is 2. The molecule has 1 aromatic rings. The molecular formula is C13H22N4O. The Morgan fingerprint density at radius 3 is 2.78 bits per heavy atom. The van der Waals surface area contributed by atoms with Gasteiger partial charge in [0.05, 0.1) is 18.3 Å². The molecule has 5 nitrogen and oxygen atoms in total. The number of carbonyl (C=O) groups excluding carboxylic acids is 1. The first kappa shape index (κ1) is 14.6. The third-order valence-electron chi connectivity index (χ3n) is 2.73. The Hall–Kier alpha value is -1.46. The van der Waals surface area contributed by atoms with Crippen LogP contribution in [0, 0.1) is 0 Å². The molecule has 2 atom stereocenters. The van der Waals surface area contributed by atoms with Crippen LogP contribution in [0.25, 0.3) is 0 Å². The number of hydrogen-bond acceptors (Lipinski definition) is 4. The monoisotopic (exact) mass is 250 g/mol. The van der Waals surface area contributed by atoms with Gasteiger partial charge in [-0.05, 0) is 33.0 Å². The molecule has 18 heavy (non-hydrogen) atoms. The van der Waals surface area contributed by atoms with Crippen molar-refractivity contribution in [3.05, 3.63) is 30.1 Å². The summed E-state index contributed by atoms with van der Waals surface area (Å²) in [6.07, 6.45) is 1.74. The zero-order valence-electron chi connectivity index (χ0n) is 11.3. The van der Waals surface area contributed by atoms with Crippen molar-refractivity contribution < 1.29 is 4.79 Å². The van der Waals surface area contributed by atoms with E-state index in [2.05, 4.69) is 10.3 Å². The number of aromatic nitrogens is 1. The fourth-order valence-electron chi connectivity index (χ4n) is 2.03. The molecular weight excluding hydrogens is 228 g/mol. The maximum Gasteiger partial charge on any atom is 0.234 e. The molecule has 1 amide bonds. The predicted octanol–water partition coefficient (Wildman–Crippen LogP) is 0.538. The zero-order chi connectivity index (χ0) is 13.5. The molecule has 0 saturated carbocycles. The zero-order valence-corrected chi connectivity index (χ0v) is 11.3. The Kier molecular flexibility index (Phi) is 5.74. The van der Waals surface area contributed by atoms with Crippen LogP contribution >= 0.6 is 0 Å². The minimum Gasteiger partial charge on any atom is -0.355 e. The molecule has 0 fully saturated rings. The number of pyridine rings is 1. The fraction of sp³-hybridized carbons (Fsp3) is 0.538. The molecule has 0 aliphatic carbocycles. The highest BCUT2D eigenvalue weighted by Gasteiger charge is 2.23. The summed E-state index contributed by atoms with van der Waals surface area (Å²) in [6, 6.07) is 5.57. The highest BCUT2D eigenvalue weighted by atomic mass is 16.2. The maximum atomic E-state index is 11.6. The molecule has 2 unspecified atom stereocenters. The minimum atomic E-state index is -0.0978. The maximum absolute atomic E-state index is 11.6. The van der Waals surface area contributed by atoms with Crippen LogP contribution in [-0.4, -0.2) is 42.0 Å². The van der Waals surface area contributed by atoms with Gasteiger partial charge in [0.2, 0.25) is 5.91 Å². The van der Waals surface area contributed by atoms with Crippen LogP contribution in [0.1, 0.15) is 25.6 Å². The van der Waals surface area contributed by atoms with Gasteiger partial charge in [-0.2, -0.15) is 0 Å². The van der Waals surface area contributed by atoms with Gasteiger partial charge in [-0.3, -0.25) is 14.7 Å². The van der Waals surface area contributed by atoms with Crippen LogP contribution < -0.4 is 11.1 Å². The van der Waals surface area contributed by atoms with Crippen molar-refractivity contribution >= 4 is 5.91 Å². The number of carbonyl (C=O) groups is 1. The smallest absolute Gasteiger partial charge is 0.234 e. The molecule has 3 N–H and O–H groups in total. The van der Waals surface area contributed by atoms with E-state index in [-0.39, 0.29) is 18.0 Å². The highest BCUT2D eigenvalue weighted by Crippen LogP contribution is 2.19. The lowest BCUT2D eigenvalue weighted by molar-refractivity contribution is -0.122. The normalized spacial score (nSPS) is 14.3. The van der Waals surface area contributed by atoms with Gasteiger partial charge in [-0.25, -0.2) is 0 Å². The number of nitrogens with one attached hydrogen (secondary N) is 1. The first-order chi connectivity index (χ1) is 8.56. The average Bonchev–Trinajstić information content (AvgIpc) is 2.30. The Bertz CT molecular complexity index is 367. The predicted molar refractivity (Wildman–Crippen MR) is 71.9 cm³/mol. The highest BCUT2D eigenvalue weighted by molar-refractivity contribution is 5.77. The van der Waals surface area contributed by atoms with Crippen LogP contribution in [-0.2, 0) is 4.79 Å². The van der Waals surface area contributed by atoms with Crippen molar-refractivity contribution in [2.24, 2.45) is 5.73 Å². The van der Waals surface area contributed by atoms with Gasteiger partial charge in [0.1, 0.15) is 0 Å². The summed E-state index contributed by atoms with van der Waals surface area (Å²) in [5.41, 5.74) is 6.89. The summed E-state index contributed by atoms with van der Waals surface area (Å²) in [6.45, 7) is 4.78. The molecule has 0 radical (unpaired) electrons. The standard InChI is InChI=1S/C13H22N4O/c1-4-15-12(18)9-17(3)13(10(2)14)11-7-5-6-8-16-11/h5-8,10,13H,4,9,14H2,1-3H3,(H,15,18). The third kappa shape index (κ3) is 4.09. The second kappa shape index (κ2) is 7.08. The molecule has 100 valence electrons. The summed E-state index contributed by atoms with van der Waals surface area (Å²) >= 11 is 0. The van der Waals surface area contributed by atoms with Gasteiger partial charge < -0.3 is 11.1 Å². The van der Waals surface area contributed by atoms with Gasteiger partial charge >= 0.3 is 0 Å². The SMILES string of the molecule is CCNC(=O)CN(C)C(c1ccccn1)C(C)N. The number of likely N-dealkylation sites (N-methyl/N-ethyl adjacent to an activating group) is 2. The lowest BCUT2D eigenvalue weighted by Crippen LogP contribution is -2.43. The van der Waals surface area contributed by atoms with E-state index in [0.717, 1.165) is 5.69 Å². The summed E-state index contributed by atoms with van der Waals surface area (Å²) in [4.78, 5) is 17.8. The molecule has 0 saturated heterocycles. The summed E-state index contributed by atoms with van der Waals surface area (Å²) in [7, 11) is 1.89. The van der Waals surface area contributed by atoms with Crippen LogP contribution in [0.3, 0.4) is 0 Å². The Labute approximate surface area is 108 Å². The lowest BCUT2D eigenvalue weighted by Gasteiger charge is -2.30. The summed E-state index contributed by atoms with van der Waals surface area (Å²) in [5.74, 6) is 0.00146. The van der Waals surface area contributed by atoms with Crippen LogP contribution in [0.5, 0.6) is 0 Å². The fourth-order valence-corrected chi connectivity index (χ4v) is 2.03. The molecule has 0 aliphatic heterocycles. The van der Waals surface area contributed by atoms with E-state index in [9.17, 15) is 4.79 Å². The van der Waals surface area contributed by atoms with Gasteiger partial charge in [0.15, 0.2) is 0 Å². The van der Waals surface area contributed by atoms with Crippen LogP contribution in [0.2, 0.25) is 0 Å². The van der Waals surface area contributed by atoms with E-state index in [4.69, 9.17) is 5.73 Å². The van der Waals surface area contributed by atoms with E-state index in [0.29, 0.717) is 13.1 Å². The quantitative estimate of drug-likeness (QED) is 0.773. The summed E-state index contributed by atoms with van der Waals surface area (Å²) < 4.78 is 0. The second-order valence-electron chi connectivity index (χ2n) is 4.43. The van der Waals surface area contributed by atoms with Crippen LogP contribution in [0.4, 0.5) is 0 Å². The second-order valence-corrected chi connectivity index (χ2v) is 4.43. The van der Waals surface area contributed by atoms with Crippen molar-refractivity contribution in [1.82, 2.24) is 15.2 Å². The lowest BCUT2D eigenvalue weighted by atomic mass is 10.0. The van der Waals surface area contributed by atoms with Gasteiger partial charge in [0.25, 0.3) is 0 Å². The first-order valence-electron chi connectivity index (χ1n) is 6.19. The van der Waals surface area contributed by atoms with Crippen molar-refractivity contribution in [2.45, 2.75) is 25.9 Å². The van der Waals surface area contributed by atoms with E-state index >= 15 is 0 Å². The Balaban J connectivity index is 2.77. The minimum absolute atomic E-state index is 0.00146. The molecule has 0 aromatic carbocycles. The molecule has 0 bridgehead atoms. The van der Waals surface area contributed by atoms with E-state index in [1.807, 2.05) is 44.0 Å². The topological polar surface area (TPSA) is 71.2 Å². The van der Waals surface area contributed by atoms with Crippen molar-refractivity contribution in [3.63, 3.8) is 0 Å².